The zero-order chi connectivity index (χ0) is 12.0. The Morgan fingerprint density at radius 2 is 2.12 bits per heavy atom. The molecule has 1 heterocycles. The van der Waals surface area contributed by atoms with E-state index < -0.39 is 0 Å². The zero-order valence-corrected chi connectivity index (χ0v) is 10.4. The molecule has 94 valence electrons. The SMILES string of the molecule is C[C@@H]1CNC[C@H]1C(=O)N(C)CCCCCO. The van der Waals surface area contributed by atoms with Crippen LogP contribution in [0.1, 0.15) is 26.2 Å². The van der Waals surface area contributed by atoms with Crippen LogP contribution in [0.3, 0.4) is 0 Å². The van der Waals surface area contributed by atoms with Crippen molar-refractivity contribution >= 4 is 5.91 Å². The highest BCUT2D eigenvalue weighted by Crippen LogP contribution is 2.18. The fourth-order valence-corrected chi connectivity index (χ4v) is 2.17. The molecule has 1 saturated heterocycles. The molecule has 0 saturated carbocycles. The van der Waals surface area contributed by atoms with Crippen LogP contribution >= 0.6 is 0 Å². The molecule has 0 aromatic heterocycles. The molecular formula is C12H24N2O2. The molecule has 1 amide bonds. The third kappa shape index (κ3) is 3.76. The summed E-state index contributed by atoms with van der Waals surface area (Å²) >= 11 is 0. The van der Waals surface area contributed by atoms with Gasteiger partial charge in [-0.05, 0) is 31.7 Å². The van der Waals surface area contributed by atoms with Crippen LogP contribution < -0.4 is 5.32 Å². The summed E-state index contributed by atoms with van der Waals surface area (Å²) in [5.74, 6) is 0.872. The maximum atomic E-state index is 12.1. The van der Waals surface area contributed by atoms with E-state index in [4.69, 9.17) is 5.11 Å². The molecule has 1 aliphatic heterocycles. The lowest BCUT2D eigenvalue weighted by Crippen LogP contribution is -2.36. The highest BCUT2D eigenvalue weighted by atomic mass is 16.2. The first-order valence-corrected chi connectivity index (χ1v) is 6.23. The van der Waals surface area contributed by atoms with Gasteiger partial charge in [0.1, 0.15) is 0 Å². The Bertz CT molecular complexity index is 221. The summed E-state index contributed by atoms with van der Waals surface area (Å²) in [4.78, 5) is 13.9. The first kappa shape index (κ1) is 13.5. The van der Waals surface area contributed by atoms with Crippen LogP contribution in [0.15, 0.2) is 0 Å². The largest absolute Gasteiger partial charge is 0.396 e. The number of aliphatic hydroxyl groups excluding tert-OH is 1. The van der Waals surface area contributed by atoms with E-state index in [-0.39, 0.29) is 18.4 Å². The fraction of sp³-hybridized carbons (Fsp3) is 0.917. The second-order valence-corrected chi connectivity index (χ2v) is 4.79. The van der Waals surface area contributed by atoms with Crippen LogP contribution in [-0.4, -0.2) is 49.2 Å². The molecule has 0 aromatic carbocycles. The summed E-state index contributed by atoms with van der Waals surface area (Å²) in [6.07, 6.45) is 2.81. The van der Waals surface area contributed by atoms with Gasteiger partial charge in [-0.1, -0.05) is 6.92 Å². The van der Waals surface area contributed by atoms with Gasteiger partial charge in [0, 0.05) is 26.7 Å². The number of carbonyl (C=O) groups is 1. The average molecular weight is 228 g/mol. The van der Waals surface area contributed by atoms with Gasteiger partial charge in [0.15, 0.2) is 0 Å². The Morgan fingerprint density at radius 1 is 1.38 bits per heavy atom. The Kier molecular flexibility index (Phi) is 5.77. The molecule has 0 bridgehead atoms. The van der Waals surface area contributed by atoms with Gasteiger partial charge in [-0.15, -0.1) is 0 Å². The van der Waals surface area contributed by atoms with E-state index in [1.54, 1.807) is 0 Å². The predicted molar refractivity (Wildman–Crippen MR) is 64.1 cm³/mol. The number of unbranched alkanes of at least 4 members (excludes halogenated alkanes) is 2. The molecule has 1 rings (SSSR count). The summed E-state index contributed by atoms with van der Waals surface area (Å²) in [7, 11) is 1.88. The van der Waals surface area contributed by atoms with Crippen LogP contribution in [0.4, 0.5) is 0 Å². The lowest BCUT2D eigenvalue weighted by atomic mass is 9.97. The van der Waals surface area contributed by atoms with Gasteiger partial charge in [0.25, 0.3) is 0 Å². The molecule has 1 aliphatic rings. The van der Waals surface area contributed by atoms with Crippen molar-refractivity contribution in [2.45, 2.75) is 26.2 Å². The van der Waals surface area contributed by atoms with Crippen molar-refractivity contribution in [3.8, 4) is 0 Å². The van der Waals surface area contributed by atoms with E-state index in [1.807, 2.05) is 11.9 Å². The highest BCUT2D eigenvalue weighted by Gasteiger charge is 2.31. The summed E-state index contributed by atoms with van der Waals surface area (Å²) in [6, 6.07) is 0. The predicted octanol–water partition coefficient (Wildman–Crippen LogP) is 0.463. The van der Waals surface area contributed by atoms with E-state index in [0.29, 0.717) is 5.92 Å². The highest BCUT2D eigenvalue weighted by molar-refractivity contribution is 5.79. The first-order chi connectivity index (χ1) is 7.66. The summed E-state index contributed by atoms with van der Waals surface area (Å²) in [5, 5.41) is 11.9. The standard InChI is InChI=1S/C12H24N2O2/c1-10-8-13-9-11(10)12(16)14(2)6-4-3-5-7-15/h10-11,13,15H,3-9H2,1-2H3/t10-,11-/m1/s1. The zero-order valence-electron chi connectivity index (χ0n) is 10.4. The van der Waals surface area contributed by atoms with E-state index >= 15 is 0 Å². The number of nitrogens with one attached hydrogen (secondary N) is 1. The van der Waals surface area contributed by atoms with Gasteiger partial charge in [-0.2, -0.15) is 0 Å². The van der Waals surface area contributed by atoms with Crippen molar-refractivity contribution in [3.05, 3.63) is 0 Å². The molecule has 0 unspecified atom stereocenters. The number of amides is 1. The number of rotatable bonds is 6. The monoisotopic (exact) mass is 228 g/mol. The minimum atomic E-state index is 0.155. The molecule has 2 atom stereocenters. The van der Waals surface area contributed by atoms with Crippen molar-refractivity contribution in [1.29, 1.82) is 0 Å². The Labute approximate surface area is 98.0 Å². The first-order valence-electron chi connectivity index (χ1n) is 6.23. The van der Waals surface area contributed by atoms with Crippen LogP contribution in [-0.2, 0) is 4.79 Å². The van der Waals surface area contributed by atoms with Crippen LogP contribution in [0.2, 0.25) is 0 Å². The van der Waals surface area contributed by atoms with E-state index in [1.165, 1.54) is 0 Å². The third-order valence-corrected chi connectivity index (χ3v) is 3.36. The summed E-state index contributed by atoms with van der Waals surface area (Å²) < 4.78 is 0. The molecule has 1 fully saturated rings. The summed E-state index contributed by atoms with van der Waals surface area (Å²) in [6.45, 7) is 4.96. The van der Waals surface area contributed by atoms with Crippen molar-refractivity contribution in [2.75, 3.05) is 33.3 Å². The Morgan fingerprint density at radius 3 is 2.69 bits per heavy atom. The van der Waals surface area contributed by atoms with Crippen molar-refractivity contribution in [2.24, 2.45) is 11.8 Å². The van der Waals surface area contributed by atoms with Crippen LogP contribution in [0.5, 0.6) is 0 Å². The Balaban J connectivity index is 2.24. The number of carbonyl (C=O) groups excluding carboxylic acids is 1. The lowest BCUT2D eigenvalue weighted by molar-refractivity contribution is -0.134. The number of aliphatic hydroxyl groups is 1. The van der Waals surface area contributed by atoms with Crippen molar-refractivity contribution < 1.29 is 9.90 Å². The second-order valence-electron chi connectivity index (χ2n) is 4.79. The molecular weight excluding hydrogens is 204 g/mol. The quantitative estimate of drug-likeness (QED) is 0.650. The van der Waals surface area contributed by atoms with Gasteiger partial charge >= 0.3 is 0 Å². The van der Waals surface area contributed by atoms with Gasteiger partial charge in [-0.3, -0.25) is 4.79 Å². The van der Waals surface area contributed by atoms with E-state index in [2.05, 4.69) is 12.2 Å². The minimum Gasteiger partial charge on any atom is -0.396 e. The molecule has 2 N–H and O–H groups in total. The normalized spacial score (nSPS) is 24.7. The third-order valence-electron chi connectivity index (χ3n) is 3.36. The summed E-state index contributed by atoms with van der Waals surface area (Å²) in [5.41, 5.74) is 0. The lowest BCUT2D eigenvalue weighted by Gasteiger charge is -2.22. The molecule has 0 aliphatic carbocycles. The van der Waals surface area contributed by atoms with Gasteiger partial charge in [-0.25, -0.2) is 0 Å². The van der Waals surface area contributed by atoms with Crippen molar-refractivity contribution in [1.82, 2.24) is 10.2 Å². The molecule has 0 aromatic rings. The number of nitrogens with zero attached hydrogens (tertiary/aromatic N) is 1. The van der Waals surface area contributed by atoms with E-state index in [9.17, 15) is 4.79 Å². The fourth-order valence-electron chi connectivity index (χ4n) is 2.17. The van der Waals surface area contributed by atoms with E-state index in [0.717, 1.165) is 38.9 Å². The van der Waals surface area contributed by atoms with Gasteiger partial charge in [0.2, 0.25) is 5.91 Å². The van der Waals surface area contributed by atoms with Crippen molar-refractivity contribution in [3.63, 3.8) is 0 Å². The second kappa shape index (κ2) is 6.86. The molecule has 4 heteroatoms. The number of hydrogen-bond donors (Lipinski definition) is 2. The molecule has 0 radical (unpaired) electrons. The topological polar surface area (TPSA) is 52.6 Å². The Hall–Kier alpha value is -0.610. The maximum absolute atomic E-state index is 12.1. The molecule has 16 heavy (non-hydrogen) atoms. The number of hydrogen-bond acceptors (Lipinski definition) is 3. The minimum absolute atomic E-state index is 0.155. The average Bonchev–Trinajstić information content (AvgIpc) is 2.69. The smallest absolute Gasteiger partial charge is 0.227 e. The van der Waals surface area contributed by atoms with Crippen LogP contribution in [0, 0.1) is 11.8 Å². The molecule has 4 nitrogen and oxygen atoms in total. The molecule has 0 spiro atoms. The van der Waals surface area contributed by atoms with Crippen LogP contribution in [0.25, 0.3) is 0 Å². The van der Waals surface area contributed by atoms with Gasteiger partial charge < -0.3 is 15.3 Å². The van der Waals surface area contributed by atoms with Gasteiger partial charge in [0.05, 0.1) is 5.92 Å². The maximum Gasteiger partial charge on any atom is 0.227 e.